The Morgan fingerprint density at radius 3 is 1.83 bits per heavy atom. The largest absolute Gasteiger partial charge is 0.478 e. The van der Waals surface area contributed by atoms with Crippen LogP contribution in [0.1, 0.15) is 36.4 Å². The molecule has 0 saturated heterocycles. The lowest BCUT2D eigenvalue weighted by atomic mass is 9.98. The van der Waals surface area contributed by atoms with Crippen LogP contribution in [0.3, 0.4) is 0 Å². The van der Waals surface area contributed by atoms with Crippen molar-refractivity contribution in [2.75, 3.05) is 0 Å². The summed E-state index contributed by atoms with van der Waals surface area (Å²) in [6.45, 7) is 0. The lowest BCUT2D eigenvalue weighted by Crippen LogP contribution is -2.31. The Morgan fingerprint density at radius 1 is 0.833 bits per heavy atom. The standard InChI is InChI=1S/C20H19NO3/c22-19(16-12-7-13-17(16)20(23)24)21-18(14-8-3-1-4-9-14)15-10-5-2-6-11-15/h1-6,8-11,18H,7,12-13H2,(H,21,22)(H,23,24). The molecule has 0 saturated carbocycles. The third-order valence-corrected chi connectivity index (χ3v) is 4.29. The summed E-state index contributed by atoms with van der Waals surface area (Å²) in [5, 5.41) is 12.3. The van der Waals surface area contributed by atoms with Crippen molar-refractivity contribution in [3.63, 3.8) is 0 Å². The SMILES string of the molecule is O=C(O)C1=C(C(=O)NC(c2ccccc2)c2ccccc2)CCC1. The van der Waals surface area contributed by atoms with Crippen LogP contribution in [-0.4, -0.2) is 17.0 Å². The van der Waals surface area contributed by atoms with Crippen LogP contribution in [0.5, 0.6) is 0 Å². The Kier molecular flexibility index (Phi) is 4.75. The number of nitrogens with one attached hydrogen (secondary N) is 1. The monoisotopic (exact) mass is 321 g/mol. The second-order valence-electron chi connectivity index (χ2n) is 5.84. The summed E-state index contributed by atoms with van der Waals surface area (Å²) in [5.41, 5.74) is 2.58. The quantitative estimate of drug-likeness (QED) is 0.886. The minimum atomic E-state index is -0.992. The topological polar surface area (TPSA) is 66.4 Å². The molecule has 1 aliphatic rings. The molecular formula is C20H19NO3. The number of carboxylic acids is 1. The van der Waals surface area contributed by atoms with Crippen LogP contribution in [0.2, 0.25) is 0 Å². The van der Waals surface area contributed by atoms with Gasteiger partial charge in [-0.15, -0.1) is 0 Å². The van der Waals surface area contributed by atoms with Gasteiger partial charge in [-0.2, -0.15) is 0 Å². The average Bonchev–Trinajstić information content (AvgIpc) is 3.11. The van der Waals surface area contributed by atoms with Crippen LogP contribution in [0.15, 0.2) is 71.8 Å². The third-order valence-electron chi connectivity index (χ3n) is 4.29. The minimum Gasteiger partial charge on any atom is -0.478 e. The zero-order valence-corrected chi connectivity index (χ0v) is 13.2. The first-order valence-electron chi connectivity index (χ1n) is 8.03. The molecule has 0 bridgehead atoms. The Morgan fingerprint density at radius 2 is 1.33 bits per heavy atom. The molecule has 0 aromatic heterocycles. The van der Waals surface area contributed by atoms with Gasteiger partial charge in [-0.3, -0.25) is 4.79 Å². The molecule has 3 rings (SSSR count). The molecule has 122 valence electrons. The van der Waals surface area contributed by atoms with Crippen molar-refractivity contribution in [3.8, 4) is 0 Å². The molecule has 1 aliphatic carbocycles. The number of amides is 1. The molecule has 0 fully saturated rings. The fourth-order valence-electron chi connectivity index (χ4n) is 3.10. The number of carboxylic acid groups (broad SMARTS) is 1. The van der Waals surface area contributed by atoms with E-state index in [1.807, 2.05) is 60.7 Å². The molecule has 2 aromatic rings. The zero-order chi connectivity index (χ0) is 16.9. The molecule has 4 nitrogen and oxygen atoms in total. The first-order valence-corrected chi connectivity index (χ1v) is 8.03. The highest BCUT2D eigenvalue weighted by atomic mass is 16.4. The molecule has 0 radical (unpaired) electrons. The summed E-state index contributed by atoms with van der Waals surface area (Å²) in [4.78, 5) is 24.0. The summed E-state index contributed by atoms with van der Waals surface area (Å²) >= 11 is 0. The van der Waals surface area contributed by atoms with Crippen molar-refractivity contribution in [1.82, 2.24) is 5.32 Å². The van der Waals surface area contributed by atoms with Crippen molar-refractivity contribution in [1.29, 1.82) is 0 Å². The molecule has 0 aliphatic heterocycles. The Hall–Kier alpha value is -2.88. The van der Waals surface area contributed by atoms with Crippen LogP contribution in [-0.2, 0) is 9.59 Å². The second kappa shape index (κ2) is 7.13. The highest BCUT2D eigenvalue weighted by Crippen LogP contribution is 2.28. The van der Waals surface area contributed by atoms with Gasteiger partial charge in [0.15, 0.2) is 0 Å². The fourth-order valence-corrected chi connectivity index (χ4v) is 3.10. The van der Waals surface area contributed by atoms with Gasteiger partial charge in [0.2, 0.25) is 5.91 Å². The normalized spacial score (nSPS) is 14.0. The summed E-state index contributed by atoms with van der Waals surface area (Å²) < 4.78 is 0. The summed E-state index contributed by atoms with van der Waals surface area (Å²) in [7, 11) is 0. The van der Waals surface area contributed by atoms with Gasteiger partial charge in [-0.05, 0) is 30.4 Å². The highest BCUT2D eigenvalue weighted by molar-refractivity contribution is 6.03. The first-order chi connectivity index (χ1) is 11.7. The molecule has 0 heterocycles. The van der Waals surface area contributed by atoms with Crippen LogP contribution in [0.4, 0.5) is 0 Å². The van der Waals surface area contributed by atoms with Gasteiger partial charge in [-0.1, -0.05) is 60.7 Å². The first kappa shape index (κ1) is 16.0. The molecule has 2 N–H and O–H groups in total. The van der Waals surface area contributed by atoms with Gasteiger partial charge >= 0.3 is 5.97 Å². The molecule has 0 spiro atoms. The molecular weight excluding hydrogens is 302 g/mol. The van der Waals surface area contributed by atoms with Crippen LogP contribution in [0, 0.1) is 0 Å². The van der Waals surface area contributed by atoms with Crippen molar-refractivity contribution in [2.45, 2.75) is 25.3 Å². The maximum atomic E-state index is 12.7. The van der Waals surface area contributed by atoms with E-state index in [-0.39, 0.29) is 17.5 Å². The summed E-state index contributed by atoms with van der Waals surface area (Å²) in [5.74, 6) is -1.28. The van der Waals surface area contributed by atoms with Gasteiger partial charge in [0, 0.05) is 11.1 Å². The molecule has 2 aromatic carbocycles. The second-order valence-corrected chi connectivity index (χ2v) is 5.84. The predicted molar refractivity (Wildman–Crippen MR) is 91.4 cm³/mol. The Bertz CT molecular complexity index is 726. The summed E-state index contributed by atoms with van der Waals surface area (Å²) in [6, 6.07) is 19.1. The van der Waals surface area contributed by atoms with Gasteiger partial charge in [-0.25, -0.2) is 4.79 Å². The van der Waals surface area contributed by atoms with Gasteiger partial charge in [0.1, 0.15) is 0 Å². The number of rotatable bonds is 5. The maximum absolute atomic E-state index is 12.7. The van der Waals surface area contributed by atoms with E-state index in [0.717, 1.165) is 11.1 Å². The minimum absolute atomic E-state index is 0.243. The van der Waals surface area contributed by atoms with E-state index in [1.54, 1.807) is 0 Å². The number of hydrogen-bond donors (Lipinski definition) is 2. The van der Waals surface area contributed by atoms with E-state index in [2.05, 4.69) is 5.32 Å². The van der Waals surface area contributed by atoms with Gasteiger partial charge in [0.05, 0.1) is 6.04 Å². The highest BCUT2D eigenvalue weighted by Gasteiger charge is 2.27. The Labute approximate surface area is 140 Å². The van der Waals surface area contributed by atoms with Gasteiger partial charge < -0.3 is 10.4 Å². The molecule has 0 unspecified atom stereocenters. The van der Waals surface area contributed by atoms with Gasteiger partial charge in [0.25, 0.3) is 0 Å². The zero-order valence-electron chi connectivity index (χ0n) is 13.2. The number of hydrogen-bond acceptors (Lipinski definition) is 2. The third kappa shape index (κ3) is 3.38. The Balaban J connectivity index is 1.92. The number of carbonyl (C=O) groups is 2. The van der Waals surface area contributed by atoms with E-state index < -0.39 is 5.97 Å². The fraction of sp³-hybridized carbons (Fsp3) is 0.200. The van der Waals surface area contributed by atoms with E-state index in [0.29, 0.717) is 24.8 Å². The molecule has 4 heteroatoms. The summed E-state index contributed by atoms with van der Waals surface area (Å²) in [6.07, 6.45) is 1.69. The van der Waals surface area contributed by atoms with Crippen molar-refractivity contribution >= 4 is 11.9 Å². The number of benzene rings is 2. The van der Waals surface area contributed by atoms with Crippen molar-refractivity contribution in [2.24, 2.45) is 0 Å². The molecule has 0 atom stereocenters. The maximum Gasteiger partial charge on any atom is 0.332 e. The lowest BCUT2D eigenvalue weighted by Gasteiger charge is -2.20. The van der Waals surface area contributed by atoms with Crippen LogP contribution in [0.25, 0.3) is 0 Å². The van der Waals surface area contributed by atoms with Crippen LogP contribution < -0.4 is 5.32 Å². The predicted octanol–water partition coefficient (Wildman–Crippen LogP) is 3.46. The smallest absolute Gasteiger partial charge is 0.332 e. The van der Waals surface area contributed by atoms with E-state index in [4.69, 9.17) is 0 Å². The lowest BCUT2D eigenvalue weighted by molar-refractivity contribution is -0.133. The average molecular weight is 321 g/mol. The number of aliphatic carboxylic acids is 1. The van der Waals surface area contributed by atoms with Crippen molar-refractivity contribution < 1.29 is 14.7 Å². The molecule has 1 amide bonds. The van der Waals surface area contributed by atoms with E-state index >= 15 is 0 Å². The van der Waals surface area contributed by atoms with E-state index in [9.17, 15) is 14.7 Å². The number of carbonyl (C=O) groups excluding carboxylic acids is 1. The van der Waals surface area contributed by atoms with Crippen molar-refractivity contribution in [3.05, 3.63) is 82.9 Å². The molecule has 24 heavy (non-hydrogen) atoms. The van der Waals surface area contributed by atoms with Crippen LogP contribution >= 0.6 is 0 Å². The van der Waals surface area contributed by atoms with E-state index in [1.165, 1.54) is 0 Å².